The normalized spacial score (nSPS) is 29.7. The summed E-state index contributed by atoms with van der Waals surface area (Å²) in [6, 6.07) is 14.5. The highest BCUT2D eigenvalue weighted by Gasteiger charge is 2.59. The van der Waals surface area contributed by atoms with Gasteiger partial charge >= 0.3 is 5.97 Å². The Balaban J connectivity index is 0.970. The number of allylic oxidation sites excluding steroid dienone is 2. The fraction of sp³-hybridized carbons (Fsp3) is 0.466. The van der Waals surface area contributed by atoms with Crippen LogP contribution in [0.3, 0.4) is 0 Å². The van der Waals surface area contributed by atoms with Gasteiger partial charge in [-0.2, -0.15) is 0 Å². The zero-order chi connectivity index (χ0) is 52.5. The molecule has 3 aromatic heterocycles. The first-order valence-electron chi connectivity index (χ1n) is 26.8. The van der Waals surface area contributed by atoms with Crippen LogP contribution in [0.25, 0.3) is 10.9 Å². The number of fused-ring (bicyclic) bond motifs is 8. The minimum atomic E-state index is -1.02. The molecule has 1 spiro atoms. The van der Waals surface area contributed by atoms with Crippen LogP contribution in [0, 0.1) is 41.4 Å². The van der Waals surface area contributed by atoms with Gasteiger partial charge in [0.05, 0.1) is 47.5 Å². The fourth-order valence-electron chi connectivity index (χ4n) is 13.0. The van der Waals surface area contributed by atoms with Crippen molar-refractivity contribution < 1.29 is 44.2 Å². The maximum atomic E-state index is 12.9. The number of ether oxygens (including phenoxy) is 4. The summed E-state index contributed by atoms with van der Waals surface area (Å²) in [4.78, 5) is 25.6. The smallest absolute Gasteiger partial charge is 0.302 e. The van der Waals surface area contributed by atoms with Crippen molar-refractivity contribution in [2.24, 2.45) is 40.3 Å². The number of dihydropyridines is 1. The maximum Gasteiger partial charge on any atom is 0.302 e. The lowest BCUT2D eigenvalue weighted by atomic mass is 9.61. The van der Waals surface area contributed by atoms with Crippen molar-refractivity contribution in [3.05, 3.63) is 120 Å². The molecular formula is C58H69N9O9. The Kier molecular flexibility index (Phi) is 14.5. The van der Waals surface area contributed by atoms with E-state index in [4.69, 9.17) is 29.7 Å². The van der Waals surface area contributed by atoms with Crippen LogP contribution in [0.1, 0.15) is 87.3 Å². The first kappa shape index (κ1) is 50.8. The number of pyridine rings is 1. The Bertz CT molecular complexity index is 3040. The summed E-state index contributed by atoms with van der Waals surface area (Å²) in [5.74, 6) is 6.62. The molecule has 4 fully saturated rings. The molecule has 2 aromatic carbocycles. The second kappa shape index (κ2) is 21.7. The molecule has 4 aliphatic heterocycles. The van der Waals surface area contributed by atoms with Gasteiger partial charge in [0.15, 0.2) is 29.0 Å². The molecule has 400 valence electrons. The molecule has 0 amide bonds. The SMILES string of the molecule is CNC(O)C1C(n2cc3cc[nH]c3c2)NC(=NCCCC2=CCNC(N)=C2)NC12CCCC1Oc3cc(ccc3O)CC3C(C#CC12)CCC1C(OC(C)=O)CC(c2cc(O)c(O)c(OCCc4cccnc4)c2)OC31. The van der Waals surface area contributed by atoms with Crippen LogP contribution in [0.2, 0.25) is 0 Å². The van der Waals surface area contributed by atoms with Gasteiger partial charge in [0.2, 0.25) is 5.75 Å². The number of carbonyl (C=O) groups is 1. The number of aliphatic hydroxyl groups excluding tert-OH is 1. The van der Waals surface area contributed by atoms with Crippen LogP contribution in [0.15, 0.2) is 108 Å². The third-order valence-electron chi connectivity index (χ3n) is 16.6. The van der Waals surface area contributed by atoms with E-state index in [0.717, 1.165) is 46.9 Å². The van der Waals surface area contributed by atoms with E-state index in [2.05, 4.69) is 66.1 Å². The van der Waals surface area contributed by atoms with Gasteiger partial charge in [-0.25, -0.2) is 0 Å². The molecule has 12 atom stereocenters. The number of aromatic hydroxyl groups is 3. The summed E-state index contributed by atoms with van der Waals surface area (Å²) < 4.78 is 28.7. The van der Waals surface area contributed by atoms with Crippen LogP contribution in [-0.4, -0.2) is 104 Å². The number of aromatic nitrogens is 3. The second-order valence-electron chi connectivity index (χ2n) is 21.3. The van der Waals surface area contributed by atoms with Gasteiger partial charge in [-0.1, -0.05) is 30.0 Å². The van der Waals surface area contributed by atoms with Crippen LogP contribution in [-0.2, 0) is 27.1 Å². The molecule has 11 rings (SSSR count). The van der Waals surface area contributed by atoms with Crippen molar-refractivity contribution in [2.75, 3.05) is 26.7 Å². The molecular weight excluding hydrogens is 967 g/mol. The molecule has 76 heavy (non-hydrogen) atoms. The molecule has 18 heteroatoms. The number of nitrogens with one attached hydrogen (secondary N) is 5. The third-order valence-corrected chi connectivity index (χ3v) is 16.6. The van der Waals surface area contributed by atoms with Crippen molar-refractivity contribution in [1.82, 2.24) is 35.8 Å². The number of phenolic OH excluding ortho intramolecular Hbond substituents is 3. The fourth-order valence-corrected chi connectivity index (χ4v) is 13.0. The number of nitrogens with zero attached hydrogens (tertiary/aromatic N) is 3. The number of benzene rings is 2. The lowest BCUT2D eigenvalue weighted by Gasteiger charge is -2.57. The standard InChI is InChI=1S/C58H69N9O9/c1-33(68)74-48-29-47(39-27-45(70)53(71)50(28-39)73-23-17-35-7-4-19-61-30-35)76-54-40(48)12-10-37-11-13-42-46(75-49-25-36(24-41(37)54)9-14-44(49)69)8-3-18-58(42)52(56(72)60-2)55(67-31-38-16-22-62-43(38)32-67)65-57(66-58)64-20-5-6-34-15-21-63-51(59)26-34/h4,7,9,14-16,19,22,25-28,30-32,37,40-42,46-48,52,54-56,60,62-63,69-72H,3,5-6,8,10,12,17-18,20-21,23-24,29,59H2,1-2H3,(H2,64,65,66). The number of H-pyrrole nitrogens is 1. The van der Waals surface area contributed by atoms with Gasteiger partial charge in [0, 0.05) is 87.0 Å². The molecule has 2 bridgehead atoms. The first-order chi connectivity index (χ1) is 36.9. The quantitative estimate of drug-likeness (QED) is 0.0211. The molecule has 5 aromatic rings. The van der Waals surface area contributed by atoms with Crippen LogP contribution in [0.5, 0.6) is 28.7 Å². The minimum Gasteiger partial charge on any atom is -0.504 e. The monoisotopic (exact) mass is 1040 g/mol. The van der Waals surface area contributed by atoms with Crippen LogP contribution in [0.4, 0.5) is 0 Å². The molecule has 2 saturated heterocycles. The first-order valence-corrected chi connectivity index (χ1v) is 26.8. The number of carbonyl (C=O) groups excluding carboxylic acids is 1. The second-order valence-corrected chi connectivity index (χ2v) is 21.3. The van der Waals surface area contributed by atoms with Gasteiger partial charge in [-0.15, -0.1) is 0 Å². The van der Waals surface area contributed by atoms with E-state index in [-0.39, 0.29) is 47.4 Å². The maximum absolute atomic E-state index is 12.9. The average molecular weight is 1040 g/mol. The summed E-state index contributed by atoms with van der Waals surface area (Å²) in [6.07, 6.45) is 16.3. The number of hydrogen-bond acceptors (Lipinski definition) is 14. The van der Waals surface area contributed by atoms with E-state index in [1.165, 1.54) is 13.0 Å². The highest BCUT2D eigenvalue weighted by molar-refractivity contribution is 5.83. The number of aliphatic hydroxyl groups is 1. The van der Waals surface area contributed by atoms with Gasteiger partial charge in [0.1, 0.15) is 24.6 Å². The minimum absolute atomic E-state index is 0.00924. The molecule has 2 saturated carbocycles. The molecule has 11 N–H and O–H groups in total. The predicted molar refractivity (Wildman–Crippen MR) is 285 cm³/mol. The van der Waals surface area contributed by atoms with Crippen molar-refractivity contribution >= 4 is 22.8 Å². The Hall–Kier alpha value is -7.33. The van der Waals surface area contributed by atoms with Crippen molar-refractivity contribution in [3.63, 3.8) is 0 Å². The van der Waals surface area contributed by atoms with Gasteiger partial charge in [-0.05, 0) is 123 Å². The number of phenols is 3. The van der Waals surface area contributed by atoms with Gasteiger partial charge in [0.25, 0.3) is 0 Å². The van der Waals surface area contributed by atoms with E-state index < -0.39 is 60.2 Å². The zero-order valence-electron chi connectivity index (χ0n) is 43.0. The van der Waals surface area contributed by atoms with Gasteiger partial charge < -0.3 is 70.6 Å². The third kappa shape index (κ3) is 10.4. The molecule has 6 aliphatic rings. The lowest BCUT2D eigenvalue weighted by molar-refractivity contribution is -0.196. The highest BCUT2D eigenvalue weighted by atomic mass is 16.6. The summed E-state index contributed by atoms with van der Waals surface area (Å²) in [5, 5.41) is 61.1. The van der Waals surface area contributed by atoms with E-state index >= 15 is 0 Å². The number of esters is 1. The van der Waals surface area contributed by atoms with Crippen LogP contribution >= 0.6 is 0 Å². The summed E-state index contributed by atoms with van der Waals surface area (Å²) in [5.41, 5.74) is 9.75. The van der Waals surface area contributed by atoms with Gasteiger partial charge in [-0.3, -0.25) is 20.1 Å². The predicted octanol–water partition coefficient (Wildman–Crippen LogP) is 6.06. The van der Waals surface area contributed by atoms with E-state index in [9.17, 15) is 25.2 Å². The summed E-state index contributed by atoms with van der Waals surface area (Å²) in [7, 11) is 1.76. The molecule has 0 radical (unpaired) electrons. The molecule has 2 aliphatic carbocycles. The topological polar surface area (TPSA) is 255 Å². The largest absolute Gasteiger partial charge is 0.504 e. The number of aromatic amines is 1. The Morgan fingerprint density at radius 1 is 1.08 bits per heavy atom. The average Bonchev–Trinajstić information content (AvgIpc) is 4.04. The van der Waals surface area contributed by atoms with E-state index in [0.29, 0.717) is 81.1 Å². The number of aliphatic imine (C=N–C) groups is 1. The van der Waals surface area contributed by atoms with Crippen molar-refractivity contribution in [1.29, 1.82) is 0 Å². The summed E-state index contributed by atoms with van der Waals surface area (Å²) >= 11 is 0. The zero-order valence-corrected chi connectivity index (χ0v) is 43.0. The Morgan fingerprint density at radius 3 is 2.79 bits per heavy atom. The highest BCUT2D eigenvalue weighted by Crippen LogP contribution is 2.52. The van der Waals surface area contributed by atoms with E-state index in [1.807, 2.05) is 42.6 Å². The van der Waals surface area contributed by atoms with Crippen molar-refractivity contribution in [2.45, 2.75) is 113 Å². The molecule has 7 heterocycles. The number of nitrogens with two attached hydrogens (primary N) is 1. The summed E-state index contributed by atoms with van der Waals surface area (Å²) in [6.45, 7) is 2.85. The number of hydrogen-bond donors (Lipinski definition) is 10. The number of guanidine groups is 1. The lowest BCUT2D eigenvalue weighted by Crippen LogP contribution is -2.75. The Morgan fingerprint density at radius 2 is 1.97 bits per heavy atom. The molecule has 12 unspecified atom stereocenters. The molecule has 18 nitrogen and oxygen atoms in total. The van der Waals surface area contributed by atoms with Crippen LogP contribution < -0.4 is 36.5 Å². The van der Waals surface area contributed by atoms with E-state index in [1.54, 1.807) is 31.6 Å². The Labute approximate surface area is 442 Å². The van der Waals surface area contributed by atoms with Crippen molar-refractivity contribution in [3.8, 4) is 40.6 Å². The number of rotatable bonds is 13.